The van der Waals surface area contributed by atoms with Gasteiger partial charge in [-0.25, -0.2) is 13.1 Å². The lowest BCUT2D eigenvalue weighted by Crippen LogP contribution is -2.52. The fourth-order valence-electron chi connectivity index (χ4n) is 2.77. The minimum atomic E-state index is -4.96. The molecule has 2 rings (SSSR count). The molecule has 10 heteroatoms. The molecule has 0 spiro atoms. The first kappa shape index (κ1) is 22.0. The zero-order chi connectivity index (χ0) is 18.0. The van der Waals surface area contributed by atoms with Crippen LogP contribution in [0.4, 0.5) is 13.2 Å². The van der Waals surface area contributed by atoms with Gasteiger partial charge in [0.05, 0.1) is 0 Å². The van der Waals surface area contributed by atoms with Gasteiger partial charge in [-0.3, -0.25) is 0 Å². The number of ether oxygens (including phenoxy) is 1. The molecule has 1 fully saturated rings. The molecular weight excluding hydrogens is 381 g/mol. The number of benzene rings is 1. The van der Waals surface area contributed by atoms with Crippen molar-refractivity contribution in [2.45, 2.75) is 44.0 Å². The lowest BCUT2D eigenvalue weighted by atomic mass is 9.78. The van der Waals surface area contributed by atoms with Gasteiger partial charge < -0.3 is 10.1 Å². The quantitative estimate of drug-likeness (QED) is 0.794. The summed E-state index contributed by atoms with van der Waals surface area (Å²) >= 11 is 0. The average Bonchev–Trinajstić information content (AvgIpc) is 2.44. The highest BCUT2D eigenvalue weighted by molar-refractivity contribution is 7.89. The first-order chi connectivity index (χ1) is 11.0. The molecule has 0 amide bonds. The number of hydrogen-bond acceptors (Lipinski definition) is 4. The second kappa shape index (κ2) is 8.11. The molecule has 1 aliphatic heterocycles. The van der Waals surface area contributed by atoms with Gasteiger partial charge in [0.2, 0.25) is 10.0 Å². The van der Waals surface area contributed by atoms with Crippen molar-refractivity contribution in [2.75, 3.05) is 13.1 Å². The highest BCUT2D eigenvalue weighted by atomic mass is 35.5. The number of hydrogen-bond donors (Lipinski definition) is 2. The topological polar surface area (TPSA) is 67.4 Å². The minimum Gasteiger partial charge on any atom is -0.404 e. The van der Waals surface area contributed by atoms with Crippen LogP contribution in [0, 0.1) is 5.41 Å². The summed E-state index contributed by atoms with van der Waals surface area (Å²) in [6, 6.07) is 4.59. The van der Waals surface area contributed by atoms with Crippen LogP contribution in [0.2, 0.25) is 0 Å². The van der Waals surface area contributed by atoms with Crippen LogP contribution in [-0.4, -0.2) is 33.9 Å². The van der Waals surface area contributed by atoms with Crippen molar-refractivity contribution in [3.63, 3.8) is 0 Å². The smallest absolute Gasteiger partial charge is 0.404 e. The number of halogens is 4. The summed E-state index contributed by atoms with van der Waals surface area (Å²) in [5.74, 6) is -0.742. The van der Waals surface area contributed by atoms with Crippen LogP contribution in [0.5, 0.6) is 5.75 Å². The van der Waals surface area contributed by atoms with Crippen LogP contribution in [0.1, 0.15) is 26.7 Å². The summed E-state index contributed by atoms with van der Waals surface area (Å²) in [7, 11) is -4.13. The molecule has 144 valence electrons. The van der Waals surface area contributed by atoms with Gasteiger partial charge in [-0.15, -0.1) is 25.6 Å². The van der Waals surface area contributed by atoms with Crippen molar-refractivity contribution < 1.29 is 26.3 Å². The van der Waals surface area contributed by atoms with Gasteiger partial charge in [0.15, 0.2) is 0 Å². The lowest BCUT2D eigenvalue weighted by molar-refractivity contribution is -0.275. The maximum Gasteiger partial charge on any atom is 0.573 e. The molecule has 0 saturated carbocycles. The predicted octanol–water partition coefficient (Wildman–Crippen LogP) is 3.06. The zero-order valence-corrected chi connectivity index (χ0v) is 15.5. The molecule has 5 nitrogen and oxygen atoms in total. The number of sulfonamides is 1. The molecule has 0 radical (unpaired) electrons. The van der Waals surface area contributed by atoms with E-state index < -0.39 is 27.0 Å². The predicted molar refractivity (Wildman–Crippen MR) is 90.4 cm³/mol. The number of nitrogens with one attached hydrogen (secondary N) is 2. The molecule has 2 N–H and O–H groups in total. The highest BCUT2D eigenvalue weighted by Crippen LogP contribution is 2.31. The molecular formula is C15H22ClF3N2O3S. The summed E-state index contributed by atoms with van der Waals surface area (Å²) in [5.41, 5.74) is -0.108. The summed E-state index contributed by atoms with van der Waals surface area (Å²) in [6.45, 7) is 4.93. The van der Waals surface area contributed by atoms with Gasteiger partial charge in [-0.1, -0.05) is 26.0 Å². The van der Waals surface area contributed by atoms with Gasteiger partial charge in [0, 0.05) is 12.6 Å². The third-order valence-corrected chi connectivity index (χ3v) is 5.64. The van der Waals surface area contributed by atoms with E-state index in [-0.39, 0.29) is 30.4 Å². The van der Waals surface area contributed by atoms with Crippen molar-refractivity contribution in [1.82, 2.24) is 10.0 Å². The Morgan fingerprint density at radius 3 is 2.56 bits per heavy atom. The van der Waals surface area contributed by atoms with Gasteiger partial charge in [-0.2, -0.15) is 0 Å². The van der Waals surface area contributed by atoms with E-state index in [1.165, 1.54) is 12.1 Å². The molecule has 1 atom stereocenters. The monoisotopic (exact) mass is 402 g/mol. The van der Waals surface area contributed by atoms with Gasteiger partial charge >= 0.3 is 6.36 Å². The van der Waals surface area contributed by atoms with E-state index in [0.29, 0.717) is 0 Å². The van der Waals surface area contributed by atoms with Crippen LogP contribution >= 0.6 is 12.4 Å². The lowest BCUT2D eigenvalue weighted by Gasteiger charge is -2.39. The number of piperidine rings is 1. The largest absolute Gasteiger partial charge is 0.573 e. The van der Waals surface area contributed by atoms with Crippen LogP contribution in [-0.2, 0) is 10.0 Å². The van der Waals surface area contributed by atoms with Crippen molar-refractivity contribution in [3.8, 4) is 5.75 Å². The molecule has 0 aliphatic carbocycles. The van der Waals surface area contributed by atoms with E-state index >= 15 is 0 Å². The molecule has 0 bridgehead atoms. The first-order valence-electron chi connectivity index (χ1n) is 7.59. The average molecular weight is 403 g/mol. The normalized spacial score (nSPS) is 20.6. The van der Waals surface area contributed by atoms with E-state index in [1.807, 2.05) is 13.8 Å². The van der Waals surface area contributed by atoms with E-state index in [4.69, 9.17) is 0 Å². The zero-order valence-electron chi connectivity index (χ0n) is 13.9. The van der Waals surface area contributed by atoms with E-state index in [9.17, 15) is 21.6 Å². The first-order valence-corrected chi connectivity index (χ1v) is 9.07. The maximum absolute atomic E-state index is 12.4. The summed E-state index contributed by atoms with van der Waals surface area (Å²) in [4.78, 5) is -0.532. The summed E-state index contributed by atoms with van der Waals surface area (Å²) in [5, 5.41) is 3.25. The van der Waals surface area contributed by atoms with Crippen LogP contribution < -0.4 is 14.8 Å². The SMILES string of the molecule is CC1(C)CCCNC1CNS(=O)(=O)c1ccccc1OC(F)(F)F.Cl. The van der Waals surface area contributed by atoms with Crippen LogP contribution in [0.15, 0.2) is 29.2 Å². The van der Waals surface area contributed by atoms with Crippen LogP contribution in [0.25, 0.3) is 0 Å². The molecule has 25 heavy (non-hydrogen) atoms. The van der Waals surface area contributed by atoms with Crippen molar-refractivity contribution in [3.05, 3.63) is 24.3 Å². The van der Waals surface area contributed by atoms with Gasteiger partial charge in [-0.05, 0) is 36.9 Å². The fraction of sp³-hybridized carbons (Fsp3) is 0.600. The fourth-order valence-corrected chi connectivity index (χ4v) is 3.95. The molecule has 1 aromatic rings. The molecule has 1 unspecified atom stereocenters. The molecule has 0 aromatic heterocycles. The second-order valence-corrected chi connectivity index (χ2v) is 8.18. The Hall–Kier alpha value is -1.03. The van der Waals surface area contributed by atoms with Crippen molar-refractivity contribution in [2.24, 2.45) is 5.41 Å². The minimum absolute atomic E-state index is 0. The van der Waals surface area contributed by atoms with E-state index in [0.717, 1.165) is 31.5 Å². The van der Waals surface area contributed by atoms with Crippen LogP contribution in [0.3, 0.4) is 0 Å². The second-order valence-electron chi connectivity index (χ2n) is 6.45. The Balaban J connectivity index is 0.00000312. The third kappa shape index (κ3) is 6.02. The summed E-state index contributed by atoms with van der Waals surface area (Å²) < 4.78 is 68.3. The summed E-state index contributed by atoms with van der Waals surface area (Å²) in [6.07, 6.45) is -3.02. The maximum atomic E-state index is 12.4. The standard InChI is InChI=1S/C15H21F3N2O3S.ClH/c1-14(2)8-5-9-19-13(14)10-20-24(21,22)12-7-4-3-6-11(12)23-15(16,17)18;/h3-4,6-7,13,19-20H,5,8-10H2,1-2H3;1H. The third-order valence-electron chi connectivity index (χ3n) is 4.17. The highest BCUT2D eigenvalue weighted by Gasteiger charge is 2.35. The van der Waals surface area contributed by atoms with Gasteiger partial charge in [0.1, 0.15) is 10.6 Å². The Morgan fingerprint density at radius 2 is 1.96 bits per heavy atom. The number of rotatable bonds is 5. The Morgan fingerprint density at radius 1 is 1.32 bits per heavy atom. The van der Waals surface area contributed by atoms with Crippen molar-refractivity contribution in [1.29, 1.82) is 0 Å². The molecule has 1 saturated heterocycles. The van der Waals surface area contributed by atoms with E-state index in [1.54, 1.807) is 0 Å². The van der Waals surface area contributed by atoms with Crippen molar-refractivity contribution >= 4 is 22.4 Å². The molecule has 1 aliphatic rings. The molecule has 1 heterocycles. The Kier molecular flexibility index (Phi) is 7.14. The molecule has 1 aromatic carbocycles. The van der Waals surface area contributed by atoms with E-state index in [2.05, 4.69) is 14.8 Å². The Bertz CT molecular complexity index is 681. The number of alkyl halides is 3. The van der Waals surface area contributed by atoms with Gasteiger partial charge in [0.25, 0.3) is 0 Å². The Labute approximate surface area is 151 Å². The number of para-hydroxylation sites is 1.